The maximum Gasteiger partial charge on any atom is 0.222 e. The smallest absolute Gasteiger partial charge is 0.222 e. The van der Waals surface area contributed by atoms with Crippen LogP contribution in [0.1, 0.15) is 6.92 Å². The molecule has 5 heteroatoms. The summed E-state index contributed by atoms with van der Waals surface area (Å²) < 4.78 is 2.44. The standard InChI is InChI=1S/C12H12BrN3O/c1-8(17)14-12-10(13)11(15-16(12)2)9-6-4-3-5-7-9/h3-7H,1-2H3,(H,14,17). The van der Waals surface area contributed by atoms with Crippen molar-refractivity contribution in [2.45, 2.75) is 6.92 Å². The minimum atomic E-state index is -0.117. The van der Waals surface area contributed by atoms with E-state index in [1.807, 2.05) is 30.3 Å². The highest BCUT2D eigenvalue weighted by Crippen LogP contribution is 2.33. The van der Waals surface area contributed by atoms with Crippen molar-refractivity contribution in [2.24, 2.45) is 7.05 Å². The molecule has 0 saturated heterocycles. The van der Waals surface area contributed by atoms with Gasteiger partial charge in [-0.3, -0.25) is 9.48 Å². The number of hydrogen-bond donors (Lipinski definition) is 1. The first-order valence-electron chi connectivity index (χ1n) is 5.15. The molecule has 0 aliphatic carbocycles. The number of rotatable bonds is 2. The first-order chi connectivity index (χ1) is 8.09. The summed E-state index contributed by atoms with van der Waals surface area (Å²) >= 11 is 3.47. The second kappa shape index (κ2) is 4.71. The number of amides is 1. The van der Waals surface area contributed by atoms with Crippen LogP contribution in [0.3, 0.4) is 0 Å². The topological polar surface area (TPSA) is 46.9 Å². The lowest BCUT2D eigenvalue weighted by Crippen LogP contribution is -2.10. The average molecular weight is 294 g/mol. The number of benzene rings is 1. The van der Waals surface area contributed by atoms with Crippen molar-refractivity contribution < 1.29 is 4.79 Å². The van der Waals surface area contributed by atoms with Crippen LogP contribution in [0, 0.1) is 0 Å². The molecule has 0 unspecified atom stereocenters. The Labute approximate surface area is 108 Å². The summed E-state index contributed by atoms with van der Waals surface area (Å²) in [5.41, 5.74) is 1.82. The average Bonchev–Trinajstić information content (AvgIpc) is 2.58. The summed E-state index contributed by atoms with van der Waals surface area (Å²) in [6.45, 7) is 1.47. The summed E-state index contributed by atoms with van der Waals surface area (Å²) in [6.07, 6.45) is 0. The van der Waals surface area contributed by atoms with Crippen molar-refractivity contribution in [1.82, 2.24) is 9.78 Å². The molecule has 0 fully saturated rings. The molecule has 0 spiro atoms. The van der Waals surface area contributed by atoms with Crippen LogP contribution in [0.25, 0.3) is 11.3 Å². The van der Waals surface area contributed by atoms with Crippen LogP contribution < -0.4 is 5.32 Å². The Morgan fingerprint density at radius 1 is 1.35 bits per heavy atom. The van der Waals surface area contributed by atoms with Crippen LogP contribution in [0.5, 0.6) is 0 Å². The molecule has 1 heterocycles. The second-order valence-electron chi connectivity index (χ2n) is 3.68. The molecule has 2 aromatic rings. The molecular weight excluding hydrogens is 282 g/mol. The van der Waals surface area contributed by atoms with Crippen molar-refractivity contribution in [3.05, 3.63) is 34.8 Å². The van der Waals surface area contributed by atoms with Gasteiger partial charge in [-0.1, -0.05) is 30.3 Å². The normalized spacial score (nSPS) is 10.3. The SMILES string of the molecule is CC(=O)Nc1c(Br)c(-c2ccccc2)nn1C. The minimum Gasteiger partial charge on any atom is -0.310 e. The first-order valence-corrected chi connectivity index (χ1v) is 5.94. The van der Waals surface area contributed by atoms with E-state index in [0.29, 0.717) is 5.82 Å². The molecule has 0 aliphatic heterocycles. The molecule has 1 aromatic carbocycles. The number of hydrogen-bond acceptors (Lipinski definition) is 2. The maximum absolute atomic E-state index is 11.1. The molecule has 1 amide bonds. The molecule has 0 bridgehead atoms. The van der Waals surface area contributed by atoms with Crippen LogP contribution in [0.4, 0.5) is 5.82 Å². The molecule has 0 atom stereocenters. The summed E-state index contributed by atoms with van der Waals surface area (Å²) in [7, 11) is 1.79. The van der Waals surface area contributed by atoms with E-state index >= 15 is 0 Å². The number of anilines is 1. The lowest BCUT2D eigenvalue weighted by Gasteiger charge is -2.01. The molecule has 1 N–H and O–H groups in total. The van der Waals surface area contributed by atoms with Crippen LogP contribution >= 0.6 is 15.9 Å². The quantitative estimate of drug-likeness (QED) is 0.925. The lowest BCUT2D eigenvalue weighted by molar-refractivity contribution is -0.114. The van der Waals surface area contributed by atoms with Gasteiger partial charge in [-0.15, -0.1) is 0 Å². The van der Waals surface area contributed by atoms with Crippen molar-refractivity contribution in [1.29, 1.82) is 0 Å². The Morgan fingerprint density at radius 2 is 2.00 bits per heavy atom. The van der Waals surface area contributed by atoms with Gasteiger partial charge in [0.15, 0.2) is 0 Å². The van der Waals surface area contributed by atoms with Gasteiger partial charge in [-0.05, 0) is 15.9 Å². The van der Waals surface area contributed by atoms with Gasteiger partial charge in [0.2, 0.25) is 5.91 Å². The Bertz CT molecular complexity index is 548. The second-order valence-corrected chi connectivity index (χ2v) is 4.48. The fourth-order valence-electron chi connectivity index (χ4n) is 1.58. The van der Waals surface area contributed by atoms with Crippen LogP contribution in [0.2, 0.25) is 0 Å². The summed E-state index contributed by atoms with van der Waals surface area (Å²) in [5.74, 6) is 0.546. The van der Waals surface area contributed by atoms with Gasteiger partial charge in [-0.2, -0.15) is 5.10 Å². The number of aryl methyl sites for hydroxylation is 1. The van der Waals surface area contributed by atoms with E-state index in [9.17, 15) is 4.79 Å². The van der Waals surface area contributed by atoms with E-state index in [2.05, 4.69) is 26.3 Å². The zero-order valence-electron chi connectivity index (χ0n) is 9.57. The highest BCUT2D eigenvalue weighted by molar-refractivity contribution is 9.10. The fourth-order valence-corrected chi connectivity index (χ4v) is 2.25. The van der Waals surface area contributed by atoms with Gasteiger partial charge in [-0.25, -0.2) is 0 Å². The fraction of sp³-hybridized carbons (Fsp3) is 0.167. The number of aromatic nitrogens is 2. The molecule has 0 radical (unpaired) electrons. The highest BCUT2D eigenvalue weighted by atomic mass is 79.9. The Morgan fingerprint density at radius 3 is 2.59 bits per heavy atom. The Hall–Kier alpha value is -1.62. The van der Waals surface area contributed by atoms with E-state index < -0.39 is 0 Å². The minimum absolute atomic E-state index is 0.117. The van der Waals surface area contributed by atoms with Gasteiger partial charge in [0, 0.05) is 19.5 Å². The molecule has 1 aromatic heterocycles. The molecule has 0 saturated carbocycles. The van der Waals surface area contributed by atoms with Crippen LogP contribution in [-0.4, -0.2) is 15.7 Å². The van der Waals surface area contributed by atoms with E-state index in [4.69, 9.17) is 0 Å². The number of nitrogens with zero attached hydrogens (tertiary/aromatic N) is 2. The molecule has 17 heavy (non-hydrogen) atoms. The van der Waals surface area contributed by atoms with Gasteiger partial charge in [0.25, 0.3) is 0 Å². The van der Waals surface area contributed by atoms with Crippen LogP contribution in [0.15, 0.2) is 34.8 Å². The molecule has 2 rings (SSSR count). The van der Waals surface area contributed by atoms with Crippen molar-refractivity contribution in [3.63, 3.8) is 0 Å². The monoisotopic (exact) mass is 293 g/mol. The lowest BCUT2D eigenvalue weighted by atomic mass is 10.1. The van der Waals surface area contributed by atoms with E-state index in [0.717, 1.165) is 15.7 Å². The Kier molecular flexibility index (Phi) is 3.28. The summed E-state index contributed by atoms with van der Waals surface area (Å²) in [5, 5.41) is 7.13. The van der Waals surface area contributed by atoms with Crippen molar-refractivity contribution in [3.8, 4) is 11.3 Å². The largest absolute Gasteiger partial charge is 0.310 e. The van der Waals surface area contributed by atoms with Gasteiger partial charge in [0.05, 0.1) is 4.47 Å². The van der Waals surface area contributed by atoms with Gasteiger partial charge in [0.1, 0.15) is 11.5 Å². The molecule has 4 nitrogen and oxygen atoms in total. The van der Waals surface area contributed by atoms with E-state index in [1.54, 1.807) is 11.7 Å². The third kappa shape index (κ3) is 2.39. The number of nitrogens with one attached hydrogen (secondary N) is 1. The maximum atomic E-state index is 11.1. The third-order valence-corrected chi connectivity index (χ3v) is 3.08. The van der Waals surface area contributed by atoms with Gasteiger partial charge < -0.3 is 5.32 Å². The van der Waals surface area contributed by atoms with E-state index in [-0.39, 0.29) is 5.91 Å². The Balaban J connectivity index is 2.48. The molecule has 0 aliphatic rings. The predicted molar refractivity (Wildman–Crippen MR) is 70.6 cm³/mol. The number of carbonyl (C=O) groups excluding carboxylic acids is 1. The van der Waals surface area contributed by atoms with Crippen molar-refractivity contribution >= 4 is 27.7 Å². The zero-order valence-corrected chi connectivity index (χ0v) is 11.2. The third-order valence-electron chi connectivity index (χ3n) is 2.33. The highest BCUT2D eigenvalue weighted by Gasteiger charge is 2.15. The molecule has 88 valence electrons. The van der Waals surface area contributed by atoms with Crippen LogP contribution in [-0.2, 0) is 11.8 Å². The van der Waals surface area contributed by atoms with Gasteiger partial charge >= 0.3 is 0 Å². The first kappa shape index (κ1) is 11.9. The summed E-state index contributed by atoms with van der Waals surface area (Å²) in [6, 6.07) is 9.81. The summed E-state index contributed by atoms with van der Waals surface area (Å²) in [4.78, 5) is 11.1. The zero-order chi connectivity index (χ0) is 12.4. The van der Waals surface area contributed by atoms with Crippen molar-refractivity contribution in [2.75, 3.05) is 5.32 Å². The molecular formula is C12H12BrN3O. The number of halogens is 1. The predicted octanol–water partition coefficient (Wildman–Crippen LogP) is 2.81. The van der Waals surface area contributed by atoms with E-state index in [1.165, 1.54) is 6.92 Å². The number of carbonyl (C=O) groups is 1.